The minimum absolute atomic E-state index is 0.109. The number of carbonyl (C=O) groups is 1. The molecule has 0 saturated heterocycles. The number of nitrogens with one attached hydrogen (secondary N) is 2. The van der Waals surface area contributed by atoms with Crippen LogP contribution in [0.3, 0.4) is 0 Å². The van der Waals surface area contributed by atoms with Gasteiger partial charge in [-0.25, -0.2) is 4.98 Å². The number of hydrogen-bond donors (Lipinski definition) is 2. The minimum atomic E-state index is -0.559. The van der Waals surface area contributed by atoms with Gasteiger partial charge in [0.1, 0.15) is 5.82 Å². The summed E-state index contributed by atoms with van der Waals surface area (Å²) >= 11 is 5.93. The van der Waals surface area contributed by atoms with E-state index < -0.39 is 10.8 Å². The third-order valence-corrected chi connectivity index (χ3v) is 3.60. The predicted octanol–water partition coefficient (Wildman–Crippen LogP) is 3.27. The van der Waals surface area contributed by atoms with E-state index in [-0.39, 0.29) is 16.3 Å². The first kappa shape index (κ1) is 17.7. The Morgan fingerprint density at radius 1 is 1.21 bits per heavy atom. The van der Waals surface area contributed by atoms with Crippen molar-refractivity contribution >= 4 is 29.0 Å². The quantitative estimate of drug-likeness (QED) is 0.433. The van der Waals surface area contributed by atoms with Crippen LogP contribution in [0.4, 0.5) is 11.5 Å². The third kappa shape index (κ3) is 5.20. The molecule has 126 valence electrons. The molecule has 1 aromatic heterocycles. The molecule has 0 aliphatic rings. The van der Waals surface area contributed by atoms with Crippen molar-refractivity contribution in [3.63, 3.8) is 0 Å². The first-order valence-electron chi connectivity index (χ1n) is 7.45. The van der Waals surface area contributed by atoms with Crippen LogP contribution in [0.5, 0.6) is 0 Å². The van der Waals surface area contributed by atoms with E-state index in [1.807, 2.05) is 18.2 Å². The zero-order valence-corrected chi connectivity index (χ0v) is 13.6. The van der Waals surface area contributed by atoms with Crippen LogP contribution in [0, 0.1) is 10.1 Å². The smallest absolute Gasteiger partial charge is 0.270 e. The predicted molar refractivity (Wildman–Crippen MR) is 92.4 cm³/mol. The molecule has 1 heterocycles. The van der Waals surface area contributed by atoms with Gasteiger partial charge in [-0.05, 0) is 31.0 Å². The second-order valence-corrected chi connectivity index (χ2v) is 5.43. The van der Waals surface area contributed by atoms with E-state index >= 15 is 0 Å². The fourth-order valence-corrected chi connectivity index (χ4v) is 2.24. The summed E-state index contributed by atoms with van der Waals surface area (Å²) in [5.74, 6) is 0.395. The Kier molecular flexibility index (Phi) is 6.51. The van der Waals surface area contributed by atoms with E-state index in [0.717, 1.165) is 25.2 Å². The Labute approximate surface area is 144 Å². The van der Waals surface area contributed by atoms with Crippen molar-refractivity contribution in [3.05, 3.63) is 63.3 Å². The lowest BCUT2D eigenvalue weighted by Crippen LogP contribution is -2.25. The first-order chi connectivity index (χ1) is 11.6. The molecule has 8 heteroatoms. The molecule has 0 fully saturated rings. The highest BCUT2D eigenvalue weighted by Gasteiger charge is 2.15. The molecule has 1 amide bonds. The van der Waals surface area contributed by atoms with Crippen LogP contribution in [0.15, 0.2) is 42.6 Å². The maximum atomic E-state index is 12.1. The second-order valence-electron chi connectivity index (χ2n) is 5.03. The van der Waals surface area contributed by atoms with Gasteiger partial charge in [-0.3, -0.25) is 14.9 Å². The summed E-state index contributed by atoms with van der Waals surface area (Å²) in [6, 6.07) is 9.43. The summed E-state index contributed by atoms with van der Waals surface area (Å²) in [5.41, 5.74) is -0.0541. The fourth-order valence-electron chi connectivity index (χ4n) is 2.03. The summed E-state index contributed by atoms with van der Waals surface area (Å²) < 4.78 is 0. The molecule has 0 radical (unpaired) electrons. The minimum Gasteiger partial charge on any atom is -0.370 e. The van der Waals surface area contributed by atoms with Gasteiger partial charge in [-0.2, -0.15) is 0 Å². The second kappa shape index (κ2) is 8.83. The van der Waals surface area contributed by atoms with Gasteiger partial charge in [-0.1, -0.05) is 17.7 Å². The molecular formula is C16H17ClN4O3. The third-order valence-electron chi connectivity index (χ3n) is 3.27. The van der Waals surface area contributed by atoms with Crippen molar-refractivity contribution < 1.29 is 9.72 Å². The molecule has 0 bridgehead atoms. The molecular weight excluding hydrogens is 332 g/mol. The molecule has 0 spiro atoms. The Hall–Kier alpha value is -2.67. The molecule has 2 aromatic rings. The summed E-state index contributed by atoms with van der Waals surface area (Å²) in [5, 5.41) is 16.8. The lowest BCUT2D eigenvalue weighted by molar-refractivity contribution is -0.384. The van der Waals surface area contributed by atoms with E-state index in [1.54, 1.807) is 6.20 Å². The van der Waals surface area contributed by atoms with E-state index in [4.69, 9.17) is 11.6 Å². The molecule has 0 atom stereocenters. The molecule has 0 saturated carbocycles. The zero-order chi connectivity index (χ0) is 17.4. The topological polar surface area (TPSA) is 97.2 Å². The van der Waals surface area contributed by atoms with Crippen LogP contribution in [-0.2, 0) is 0 Å². The highest BCUT2D eigenvalue weighted by Crippen LogP contribution is 2.21. The SMILES string of the molecule is O=C(NCCCCNc1ccccn1)c1cc([N+](=O)[O-])ccc1Cl. The molecule has 0 aliphatic heterocycles. The van der Waals surface area contributed by atoms with Gasteiger partial charge in [0.15, 0.2) is 0 Å². The van der Waals surface area contributed by atoms with E-state index in [9.17, 15) is 14.9 Å². The standard InChI is InChI=1S/C16H17ClN4O3/c17-14-7-6-12(21(23)24)11-13(14)16(22)20-10-4-3-9-19-15-5-1-2-8-18-15/h1-2,5-8,11H,3-4,9-10H2,(H,18,19)(H,20,22). The first-order valence-corrected chi connectivity index (χ1v) is 7.83. The van der Waals surface area contributed by atoms with Crippen molar-refractivity contribution in [2.75, 3.05) is 18.4 Å². The lowest BCUT2D eigenvalue weighted by atomic mass is 10.2. The fraction of sp³-hybridized carbons (Fsp3) is 0.250. The van der Waals surface area contributed by atoms with Gasteiger partial charge in [0.25, 0.3) is 11.6 Å². The number of nitro groups is 1. The van der Waals surface area contributed by atoms with Gasteiger partial charge in [0.2, 0.25) is 0 Å². The summed E-state index contributed by atoms with van der Waals surface area (Å²) in [6.07, 6.45) is 3.32. The monoisotopic (exact) mass is 348 g/mol. The number of anilines is 1. The normalized spacial score (nSPS) is 10.2. The van der Waals surface area contributed by atoms with Crippen molar-refractivity contribution in [1.82, 2.24) is 10.3 Å². The van der Waals surface area contributed by atoms with Gasteiger partial charge < -0.3 is 10.6 Å². The Morgan fingerprint density at radius 3 is 2.71 bits per heavy atom. The Morgan fingerprint density at radius 2 is 2.00 bits per heavy atom. The summed E-state index contributed by atoms with van der Waals surface area (Å²) in [7, 11) is 0. The number of unbranched alkanes of at least 4 members (excludes halogenated alkanes) is 1. The van der Waals surface area contributed by atoms with E-state index in [0.29, 0.717) is 6.54 Å². The lowest BCUT2D eigenvalue weighted by Gasteiger charge is -2.08. The number of nitrogens with zero attached hydrogens (tertiary/aromatic N) is 2. The van der Waals surface area contributed by atoms with Crippen LogP contribution in [-0.4, -0.2) is 28.9 Å². The van der Waals surface area contributed by atoms with Crippen molar-refractivity contribution in [2.45, 2.75) is 12.8 Å². The molecule has 1 aromatic carbocycles. The zero-order valence-electron chi connectivity index (χ0n) is 12.9. The van der Waals surface area contributed by atoms with Gasteiger partial charge in [0, 0.05) is 31.4 Å². The Balaban J connectivity index is 1.73. The van der Waals surface area contributed by atoms with Crippen LogP contribution >= 0.6 is 11.6 Å². The number of halogens is 1. The highest BCUT2D eigenvalue weighted by atomic mass is 35.5. The van der Waals surface area contributed by atoms with Crippen LogP contribution in [0.2, 0.25) is 5.02 Å². The molecule has 24 heavy (non-hydrogen) atoms. The van der Waals surface area contributed by atoms with Crippen molar-refractivity contribution in [3.8, 4) is 0 Å². The number of carbonyl (C=O) groups excluding carboxylic acids is 1. The molecule has 0 unspecified atom stereocenters. The molecule has 0 aliphatic carbocycles. The van der Waals surface area contributed by atoms with Crippen LogP contribution < -0.4 is 10.6 Å². The molecule has 2 rings (SSSR count). The number of hydrogen-bond acceptors (Lipinski definition) is 5. The maximum absolute atomic E-state index is 12.1. The largest absolute Gasteiger partial charge is 0.370 e. The van der Waals surface area contributed by atoms with Crippen molar-refractivity contribution in [2.24, 2.45) is 0 Å². The number of non-ortho nitro benzene ring substituents is 1. The van der Waals surface area contributed by atoms with Gasteiger partial charge in [0.05, 0.1) is 15.5 Å². The number of nitro benzene ring substituents is 1. The Bertz CT molecular complexity index is 710. The number of aromatic nitrogens is 1. The molecule has 2 N–H and O–H groups in total. The summed E-state index contributed by atoms with van der Waals surface area (Å²) in [6.45, 7) is 1.20. The van der Waals surface area contributed by atoms with Gasteiger partial charge >= 0.3 is 0 Å². The maximum Gasteiger partial charge on any atom is 0.270 e. The van der Waals surface area contributed by atoms with Crippen LogP contribution in [0.25, 0.3) is 0 Å². The highest BCUT2D eigenvalue weighted by molar-refractivity contribution is 6.33. The van der Waals surface area contributed by atoms with Crippen LogP contribution in [0.1, 0.15) is 23.2 Å². The molecule has 7 nitrogen and oxygen atoms in total. The van der Waals surface area contributed by atoms with E-state index in [1.165, 1.54) is 18.2 Å². The van der Waals surface area contributed by atoms with Gasteiger partial charge in [-0.15, -0.1) is 0 Å². The number of amides is 1. The number of rotatable bonds is 8. The average Bonchev–Trinajstić information content (AvgIpc) is 2.58. The van der Waals surface area contributed by atoms with Crippen molar-refractivity contribution in [1.29, 1.82) is 0 Å². The summed E-state index contributed by atoms with van der Waals surface area (Å²) in [4.78, 5) is 26.4. The number of benzene rings is 1. The average molecular weight is 349 g/mol. The number of pyridine rings is 1. The van der Waals surface area contributed by atoms with E-state index in [2.05, 4.69) is 15.6 Å².